The van der Waals surface area contributed by atoms with Gasteiger partial charge in [0.1, 0.15) is 6.10 Å². The third-order valence-corrected chi connectivity index (χ3v) is 7.31. The Balaban J connectivity index is 2.33. The molecule has 0 aliphatic heterocycles. The highest BCUT2D eigenvalue weighted by Gasteiger charge is 2.21. The molecule has 1 N–H and O–H groups in total. The van der Waals surface area contributed by atoms with E-state index < -0.39 is 5.97 Å². The molecule has 0 aromatic carbocycles. The molecule has 0 saturated carbocycles. The van der Waals surface area contributed by atoms with Crippen molar-refractivity contribution in [3.05, 3.63) is 51.8 Å². The molecule has 1 rings (SSSR count). The van der Waals surface area contributed by atoms with Crippen LogP contribution in [-0.4, -0.2) is 23.8 Å². The number of carbonyl (C=O) groups is 1. The van der Waals surface area contributed by atoms with Crippen LogP contribution in [0, 0.1) is 11.8 Å². The van der Waals surface area contributed by atoms with Gasteiger partial charge in [0.15, 0.2) is 0 Å². The number of carboxylic acid groups (broad SMARTS) is 1. The van der Waals surface area contributed by atoms with Crippen LogP contribution in [0.15, 0.2) is 51.8 Å². The van der Waals surface area contributed by atoms with Crippen molar-refractivity contribution in [2.45, 2.75) is 125 Å². The molecular weight excluding hydrogens is 432 g/mol. The Morgan fingerprint density at radius 1 is 1.06 bits per heavy atom. The van der Waals surface area contributed by atoms with Crippen molar-refractivity contribution in [1.29, 1.82) is 0 Å². The summed E-state index contributed by atoms with van der Waals surface area (Å²) < 4.78 is 6.25. The molecule has 0 spiro atoms. The first-order valence-corrected chi connectivity index (χ1v) is 13.9. The Kier molecular flexibility index (Phi) is 15.7. The highest BCUT2D eigenvalue weighted by molar-refractivity contribution is 5.69. The lowest BCUT2D eigenvalue weighted by Gasteiger charge is -2.25. The molecule has 3 heteroatoms. The van der Waals surface area contributed by atoms with Crippen molar-refractivity contribution in [1.82, 2.24) is 0 Å². The number of hydrogen-bond donors (Lipinski definition) is 1. The fourth-order valence-electron chi connectivity index (χ4n) is 4.36. The van der Waals surface area contributed by atoms with Gasteiger partial charge in [0.2, 0.25) is 0 Å². The van der Waals surface area contributed by atoms with Crippen molar-refractivity contribution >= 4 is 5.97 Å². The number of aliphatic carboxylic acids is 1. The topological polar surface area (TPSA) is 46.5 Å². The van der Waals surface area contributed by atoms with Crippen LogP contribution in [0.2, 0.25) is 0 Å². The van der Waals surface area contributed by atoms with Gasteiger partial charge >= 0.3 is 5.97 Å². The lowest BCUT2D eigenvalue weighted by molar-refractivity contribution is -0.141. The van der Waals surface area contributed by atoms with E-state index in [0.717, 1.165) is 45.1 Å². The number of rotatable bonds is 18. The highest BCUT2D eigenvalue weighted by Crippen LogP contribution is 2.28. The second-order valence-electron chi connectivity index (χ2n) is 10.8. The minimum atomic E-state index is -0.699. The lowest BCUT2D eigenvalue weighted by atomic mass is 9.88. The van der Waals surface area contributed by atoms with Gasteiger partial charge < -0.3 is 9.84 Å². The molecule has 3 atom stereocenters. The maximum absolute atomic E-state index is 10.9. The van der Waals surface area contributed by atoms with Crippen molar-refractivity contribution < 1.29 is 14.6 Å². The van der Waals surface area contributed by atoms with E-state index in [1.807, 2.05) is 0 Å². The standard InChI is InChI=1S/C32H52O3/c1-8-9-23-35-31-29(7)27(5)20-22-30(31)21-19-26(4)16-11-15-24(2)13-10-14-25(3)17-12-18-28(6)32(33)34/h13,17,20,26,28,31H,8-12,14-16,18-19,21,23H2,1-7H3,(H,33,34)/b24-13+,25-17+. The van der Waals surface area contributed by atoms with E-state index in [-0.39, 0.29) is 12.0 Å². The van der Waals surface area contributed by atoms with Crippen LogP contribution in [0.5, 0.6) is 0 Å². The van der Waals surface area contributed by atoms with Crippen LogP contribution in [0.4, 0.5) is 0 Å². The van der Waals surface area contributed by atoms with Gasteiger partial charge in [-0.3, -0.25) is 4.79 Å². The second kappa shape index (κ2) is 17.6. The molecule has 0 aromatic heterocycles. The maximum Gasteiger partial charge on any atom is 0.306 e. The van der Waals surface area contributed by atoms with Crippen molar-refractivity contribution in [3.63, 3.8) is 0 Å². The van der Waals surface area contributed by atoms with Crippen LogP contribution < -0.4 is 0 Å². The Morgan fingerprint density at radius 3 is 2.43 bits per heavy atom. The van der Waals surface area contributed by atoms with E-state index in [2.05, 4.69) is 65.5 Å². The molecule has 3 nitrogen and oxygen atoms in total. The van der Waals surface area contributed by atoms with Crippen LogP contribution in [0.3, 0.4) is 0 Å². The second-order valence-corrected chi connectivity index (χ2v) is 10.8. The van der Waals surface area contributed by atoms with Crippen LogP contribution >= 0.6 is 0 Å². The smallest absolute Gasteiger partial charge is 0.306 e. The predicted octanol–water partition coefficient (Wildman–Crippen LogP) is 9.36. The summed E-state index contributed by atoms with van der Waals surface area (Å²) in [5.41, 5.74) is 10.4. The number of hydrogen-bond acceptors (Lipinski definition) is 2. The zero-order chi connectivity index (χ0) is 26.2. The minimum absolute atomic E-state index is 0.127. The molecule has 0 bridgehead atoms. The molecule has 3 unspecified atom stereocenters. The molecule has 1 aliphatic carbocycles. The highest BCUT2D eigenvalue weighted by atomic mass is 16.5. The van der Waals surface area contributed by atoms with Crippen LogP contribution in [-0.2, 0) is 9.53 Å². The molecule has 0 saturated heterocycles. The summed E-state index contributed by atoms with van der Waals surface area (Å²) in [6.45, 7) is 16.0. The molecule has 35 heavy (non-hydrogen) atoms. The number of ether oxygens (including phenoxy) is 1. The Hall–Kier alpha value is -1.83. The summed E-state index contributed by atoms with van der Waals surface area (Å²) in [6.07, 6.45) is 18.8. The van der Waals surface area contributed by atoms with Crippen molar-refractivity contribution in [3.8, 4) is 0 Å². The third kappa shape index (κ3) is 13.2. The Bertz CT molecular complexity index is 805. The van der Waals surface area contributed by atoms with Gasteiger partial charge in [-0.1, -0.05) is 56.9 Å². The summed E-state index contributed by atoms with van der Waals surface area (Å²) >= 11 is 0. The molecule has 198 valence electrons. The quantitative estimate of drug-likeness (QED) is 0.120. The van der Waals surface area contributed by atoms with Gasteiger partial charge in [0.05, 0.1) is 5.92 Å². The van der Waals surface area contributed by atoms with E-state index in [0.29, 0.717) is 5.92 Å². The molecule has 0 radical (unpaired) electrons. The lowest BCUT2D eigenvalue weighted by Crippen LogP contribution is -2.21. The van der Waals surface area contributed by atoms with Gasteiger partial charge in [-0.05, 0) is 109 Å². The summed E-state index contributed by atoms with van der Waals surface area (Å²) in [4.78, 5) is 10.9. The van der Waals surface area contributed by atoms with Gasteiger partial charge in [-0.25, -0.2) is 0 Å². The molecule has 1 aliphatic rings. The normalized spacial score (nSPS) is 18.6. The van der Waals surface area contributed by atoms with Crippen molar-refractivity contribution in [2.24, 2.45) is 11.8 Å². The fraction of sp³-hybridized carbons (Fsp3) is 0.688. The van der Waals surface area contributed by atoms with E-state index in [1.54, 1.807) is 6.92 Å². The zero-order valence-corrected chi connectivity index (χ0v) is 23.7. The van der Waals surface area contributed by atoms with E-state index in [4.69, 9.17) is 9.84 Å². The van der Waals surface area contributed by atoms with Crippen molar-refractivity contribution in [2.75, 3.05) is 6.61 Å². The first kappa shape index (κ1) is 31.2. The zero-order valence-electron chi connectivity index (χ0n) is 23.7. The predicted molar refractivity (Wildman–Crippen MR) is 150 cm³/mol. The Morgan fingerprint density at radius 2 is 1.74 bits per heavy atom. The first-order valence-electron chi connectivity index (χ1n) is 13.9. The van der Waals surface area contributed by atoms with Gasteiger partial charge in [0.25, 0.3) is 0 Å². The maximum atomic E-state index is 10.9. The largest absolute Gasteiger partial charge is 0.481 e. The minimum Gasteiger partial charge on any atom is -0.481 e. The van der Waals surface area contributed by atoms with E-state index >= 15 is 0 Å². The van der Waals surface area contributed by atoms with E-state index in [1.165, 1.54) is 60.0 Å². The molecule has 0 amide bonds. The van der Waals surface area contributed by atoms with Crippen LogP contribution in [0.1, 0.15) is 119 Å². The van der Waals surface area contributed by atoms with Gasteiger partial charge in [0, 0.05) is 12.2 Å². The fourth-order valence-corrected chi connectivity index (χ4v) is 4.36. The monoisotopic (exact) mass is 484 g/mol. The first-order chi connectivity index (χ1) is 16.6. The molecule has 0 fully saturated rings. The summed E-state index contributed by atoms with van der Waals surface area (Å²) in [7, 11) is 0. The number of allylic oxidation sites excluding steroid dienone is 5. The summed E-state index contributed by atoms with van der Waals surface area (Å²) in [5, 5.41) is 8.97. The van der Waals surface area contributed by atoms with Gasteiger partial charge in [-0.2, -0.15) is 0 Å². The summed E-state index contributed by atoms with van der Waals surface area (Å²) in [6, 6.07) is 0. The molecule has 0 heterocycles. The molecule has 0 aromatic rings. The Labute approximate surface area is 216 Å². The van der Waals surface area contributed by atoms with Crippen LogP contribution in [0.25, 0.3) is 0 Å². The summed E-state index contributed by atoms with van der Waals surface area (Å²) in [5.74, 6) is -0.251. The van der Waals surface area contributed by atoms with E-state index in [9.17, 15) is 4.79 Å². The third-order valence-electron chi connectivity index (χ3n) is 7.31. The number of carboxylic acids is 1. The molecular formula is C32H52O3. The number of unbranched alkanes of at least 4 members (excludes halogenated alkanes) is 1. The SMILES string of the molecule is CCCCOC1C(CCC(C)CCC/C(C)=C/CC/C(C)=C/CCC(C)C(=O)O)=C=CC(C)=C1C. The average molecular weight is 485 g/mol. The average Bonchev–Trinajstić information content (AvgIpc) is 2.81. The van der Waals surface area contributed by atoms with Gasteiger partial charge in [-0.15, -0.1) is 5.73 Å².